The van der Waals surface area contributed by atoms with Crippen LogP contribution in [0.2, 0.25) is 0 Å². The maximum Gasteiger partial charge on any atom is 0.159 e. The predicted molar refractivity (Wildman–Crippen MR) is 226 cm³/mol. The molecule has 0 saturated heterocycles. The molecule has 0 bridgehead atoms. The van der Waals surface area contributed by atoms with Gasteiger partial charge in [0.1, 0.15) is 27.9 Å². The maximum absolute atomic E-state index is 6.75. The Kier molecular flexibility index (Phi) is 6.09. The summed E-state index contributed by atoms with van der Waals surface area (Å²) >= 11 is 0. The smallest absolute Gasteiger partial charge is 0.159 e. The van der Waals surface area contributed by atoms with Gasteiger partial charge in [0.2, 0.25) is 0 Å². The minimum absolute atomic E-state index is 0.148. The second kappa shape index (κ2) is 11.0. The average molecular weight is 708 g/mol. The number of benzene rings is 8. The number of rotatable bonds is 4. The Bertz CT molecular complexity index is 3360. The van der Waals surface area contributed by atoms with Crippen molar-refractivity contribution in [1.82, 2.24) is 0 Å². The van der Waals surface area contributed by atoms with Gasteiger partial charge in [-0.1, -0.05) is 123 Å². The molecule has 0 saturated carbocycles. The van der Waals surface area contributed by atoms with Crippen LogP contribution in [0.25, 0.3) is 88.1 Å². The monoisotopic (exact) mass is 707 g/mol. The summed E-state index contributed by atoms with van der Waals surface area (Å²) in [5.74, 6) is 0. The highest BCUT2D eigenvalue weighted by Gasteiger charge is 2.36. The summed E-state index contributed by atoms with van der Waals surface area (Å²) in [6.45, 7) is 4.66. The van der Waals surface area contributed by atoms with Gasteiger partial charge in [0.25, 0.3) is 0 Å². The lowest BCUT2D eigenvalue weighted by Crippen LogP contribution is -2.16. The van der Waals surface area contributed by atoms with E-state index in [-0.39, 0.29) is 5.41 Å². The molecule has 1 aliphatic rings. The topological polar surface area (TPSA) is 42.7 Å². The van der Waals surface area contributed by atoms with E-state index in [9.17, 15) is 0 Å². The third-order valence-electron chi connectivity index (χ3n) is 11.9. The van der Waals surface area contributed by atoms with Gasteiger partial charge in [0.15, 0.2) is 5.58 Å². The van der Waals surface area contributed by atoms with Gasteiger partial charge in [0.05, 0.1) is 11.4 Å². The molecule has 3 aromatic heterocycles. The largest absolute Gasteiger partial charge is 0.456 e. The van der Waals surface area contributed by atoms with E-state index >= 15 is 0 Å². The molecule has 4 nitrogen and oxygen atoms in total. The van der Waals surface area contributed by atoms with E-state index in [1.807, 2.05) is 18.2 Å². The van der Waals surface area contributed by atoms with Gasteiger partial charge in [-0.3, -0.25) is 0 Å². The van der Waals surface area contributed by atoms with Gasteiger partial charge in [-0.05, 0) is 76.3 Å². The highest BCUT2D eigenvalue weighted by Crippen LogP contribution is 2.52. The Morgan fingerprint density at radius 3 is 1.87 bits per heavy atom. The minimum Gasteiger partial charge on any atom is -0.456 e. The van der Waals surface area contributed by atoms with Crippen LogP contribution >= 0.6 is 0 Å². The number of para-hydroxylation sites is 3. The first-order valence-electron chi connectivity index (χ1n) is 18.8. The van der Waals surface area contributed by atoms with Crippen LogP contribution in [0.15, 0.2) is 177 Å². The van der Waals surface area contributed by atoms with Crippen LogP contribution in [-0.4, -0.2) is 0 Å². The Labute approximate surface area is 316 Å². The summed E-state index contributed by atoms with van der Waals surface area (Å²) in [6, 6.07) is 58.0. The Morgan fingerprint density at radius 1 is 0.382 bits per heavy atom. The molecule has 11 aromatic rings. The third kappa shape index (κ3) is 4.28. The van der Waals surface area contributed by atoms with E-state index in [0.29, 0.717) is 0 Å². The first-order valence-corrected chi connectivity index (χ1v) is 18.8. The fourth-order valence-corrected chi connectivity index (χ4v) is 9.21. The zero-order valence-electron chi connectivity index (χ0n) is 30.3. The zero-order chi connectivity index (χ0) is 36.4. The summed E-state index contributed by atoms with van der Waals surface area (Å²) in [5, 5.41) is 6.37. The lowest BCUT2D eigenvalue weighted by Gasteiger charge is -2.28. The first kappa shape index (κ1) is 30.4. The normalized spacial score (nSPS) is 13.4. The van der Waals surface area contributed by atoms with Crippen molar-refractivity contribution in [3.63, 3.8) is 0 Å². The average Bonchev–Trinajstić information content (AvgIpc) is 3.95. The van der Waals surface area contributed by atoms with E-state index in [1.165, 1.54) is 22.3 Å². The lowest BCUT2D eigenvalue weighted by molar-refractivity contribution is 0.660. The Hall–Kier alpha value is -7.04. The fourth-order valence-electron chi connectivity index (χ4n) is 9.21. The second-order valence-corrected chi connectivity index (χ2v) is 15.3. The lowest BCUT2D eigenvalue weighted by atomic mass is 9.82. The van der Waals surface area contributed by atoms with Crippen LogP contribution in [0.4, 0.5) is 17.1 Å². The van der Waals surface area contributed by atoms with E-state index in [0.717, 1.165) is 94.0 Å². The van der Waals surface area contributed by atoms with Crippen molar-refractivity contribution in [2.24, 2.45) is 0 Å². The number of furan rings is 3. The quantitative estimate of drug-likeness (QED) is 0.183. The van der Waals surface area contributed by atoms with Crippen molar-refractivity contribution in [2.45, 2.75) is 19.3 Å². The van der Waals surface area contributed by atoms with Crippen LogP contribution in [0.5, 0.6) is 0 Å². The summed E-state index contributed by atoms with van der Waals surface area (Å²) < 4.78 is 20.0. The predicted octanol–water partition coefficient (Wildman–Crippen LogP) is 14.8. The molecule has 4 heteroatoms. The van der Waals surface area contributed by atoms with Crippen LogP contribution in [0.1, 0.15) is 25.0 Å². The van der Waals surface area contributed by atoms with Crippen molar-refractivity contribution in [1.29, 1.82) is 0 Å². The van der Waals surface area contributed by atoms with Gasteiger partial charge in [-0.2, -0.15) is 0 Å². The van der Waals surface area contributed by atoms with Crippen molar-refractivity contribution in [3.05, 3.63) is 175 Å². The number of hydrogen-bond donors (Lipinski definition) is 0. The molecule has 0 amide bonds. The highest BCUT2D eigenvalue weighted by atomic mass is 16.3. The second-order valence-electron chi connectivity index (χ2n) is 15.3. The van der Waals surface area contributed by atoms with E-state index in [1.54, 1.807) is 0 Å². The van der Waals surface area contributed by atoms with Crippen molar-refractivity contribution >= 4 is 82.9 Å². The standard InChI is InChI=1S/C51H33NO3/c1-51(2)42-19-8-6-14-34(42)35-24-22-31(26-43(35)51)52(44-20-11-18-38-36-15-7-9-21-45(36)54-50(38)44)32-23-25-37-40-28-48-41(29-47(40)53-46(37)27-32)39-17-10-16-33(49(39)55-48)30-12-4-3-5-13-30/h3-29H,1-2H3. The summed E-state index contributed by atoms with van der Waals surface area (Å²) in [5.41, 5.74) is 15.4. The number of anilines is 3. The van der Waals surface area contributed by atoms with Gasteiger partial charge < -0.3 is 18.2 Å². The molecule has 0 radical (unpaired) electrons. The van der Waals surface area contributed by atoms with Crippen LogP contribution in [-0.2, 0) is 5.41 Å². The molecule has 0 aliphatic heterocycles. The fraction of sp³-hybridized carbons (Fsp3) is 0.0588. The Morgan fingerprint density at radius 2 is 0.982 bits per heavy atom. The molecule has 8 aromatic carbocycles. The van der Waals surface area contributed by atoms with Crippen molar-refractivity contribution < 1.29 is 13.3 Å². The van der Waals surface area contributed by atoms with Crippen molar-refractivity contribution in [3.8, 4) is 22.3 Å². The highest BCUT2D eigenvalue weighted by molar-refractivity contribution is 6.17. The maximum atomic E-state index is 6.75. The van der Waals surface area contributed by atoms with Gasteiger partial charge in [0, 0.05) is 55.0 Å². The first-order chi connectivity index (χ1) is 27.0. The third-order valence-corrected chi connectivity index (χ3v) is 11.9. The van der Waals surface area contributed by atoms with Gasteiger partial charge >= 0.3 is 0 Å². The molecule has 0 unspecified atom stereocenters. The molecule has 0 fully saturated rings. The minimum atomic E-state index is -0.148. The van der Waals surface area contributed by atoms with E-state index < -0.39 is 0 Å². The van der Waals surface area contributed by atoms with Gasteiger partial charge in [-0.15, -0.1) is 0 Å². The van der Waals surface area contributed by atoms with Gasteiger partial charge in [-0.25, -0.2) is 0 Å². The molecule has 0 spiro atoms. The number of fused-ring (bicyclic) bond motifs is 12. The molecular formula is C51H33NO3. The SMILES string of the molecule is CC1(C)c2ccccc2-c2ccc(N(c3ccc4c(c3)oc3cc5c(cc34)oc3c(-c4ccccc4)cccc35)c3cccc4c3oc3ccccc34)cc21. The summed E-state index contributed by atoms with van der Waals surface area (Å²) in [4.78, 5) is 2.32. The molecule has 0 atom stereocenters. The molecule has 3 heterocycles. The van der Waals surface area contributed by atoms with Crippen LogP contribution < -0.4 is 4.90 Å². The number of hydrogen-bond acceptors (Lipinski definition) is 4. The molecule has 55 heavy (non-hydrogen) atoms. The van der Waals surface area contributed by atoms with E-state index in [2.05, 4.69) is 164 Å². The molecule has 0 N–H and O–H groups in total. The van der Waals surface area contributed by atoms with Crippen LogP contribution in [0, 0.1) is 0 Å². The summed E-state index contributed by atoms with van der Waals surface area (Å²) in [7, 11) is 0. The number of nitrogens with zero attached hydrogens (tertiary/aromatic N) is 1. The molecular weight excluding hydrogens is 675 g/mol. The summed E-state index contributed by atoms with van der Waals surface area (Å²) in [6.07, 6.45) is 0. The van der Waals surface area contributed by atoms with E-state index in [4.69, 9.17) is 13.3 Å². The Balaban J connectivity index is 1.06. The molecule has 1 aliphatic carbocycles. The van der Waals surface area contributed by atoms with Crippen LogP contribution in [0.3, 0.4) is 0 Å². The molecule has 260 valence electrons. The zero-order valence-corrected chi connectivity index (χ0v) is 30.3. The molecule has 12 rings (SSSR count). The van der Waals surface area contributed by atoms with Crippen molar-refractivity contribution in [2.75, 3.05) is 4.90 Å².